The number of anilines is 2. The molecule has 0 spiro atoms. The number of thiazole rings is 1. The van der Waals surface area contributed by atoms with E-state index in [2.05, 4.69) is 25.9 Å². The molecule has 2 aliphatic rings. The van der Waals surface area contributed by atoms with Crippen LogP contribution in [0.25, 0.3) is 0 Å². The number of β-lactam (4-membered cyclic amide) rings is 1. The number of carbonyl (C=O) groups is 5. The van der Waals surface area contributed by atoms with Gasteiger partial charge in [-0.2, -0.15) is 26.6 Å². The lowest BCUT2D eigenvalue weighted by molar-refractivity contribution is -0.752. The van der Waals surface area contributed by atoms with Gasteiger partial charge in [0, 0.05) is 11.1 Å². The predicted molar refractivity (Wildman–Crippen MR) is 268 cm³/mol. The van der Waals surface area contributed by atoms with Crippen LogP contribution in [0.1, 0.15) is 39.6 Å². The molecule has 76 heavy (non-hydrogen) atoms. The Morgan fingerprint density at radius 1 is 0.855 bits per heavy atom. The molecule has 3 amide bonds. The van der Waals surface area contributed by atoms with Crippen molar-refractivity contribution in [3.05, 3.63) is 214 Å². The van der Waals surface area contributed by atoms with Crippen LogP contribution in [0.5, 0.6) is 0 Å². The number of thioether (sulfide) groups is 1. The highest BCUT2D eigenvalue weighted by molar-refractivity contribution is 8.00. The van der Waals surface area contributed by atoms with Gasteiger partial charge in [-0.1, -0.05) is 157 Å². The van der Waals surface area contributed by atoms with Gasteiger partial charge in [-0.25, -0.2) is 9.78 Å². The zero-order valence-electron chi connectivity index (χ0n) is 39.7. The Kier molecular flexibility index (Phi) is 16.7. The molecule has 1 saturated heterocycles. The molecule has 1 fully saturated rings. The van der Waals surface area contributed by atoms with E-state index < -0.39 is 65.3 Å². The number of hydrogen-bond donors (Lipinski definition) is 3. The summed E-state index contributed by atoms with van der Waals surface area (Å²) in [6, 6.07) is 46.4. The number of nitrogens with zero attached hydrogens (tertiary/aromatic N) is 5. The fourth-order valence-corrected chi connectivity index (χ4v) is 10.6. The zero-order valence-corrected chi connectivity index (χ0v) is 41.3. The first-order valence-electron chi connectivity index (χ1n) is 22.8. The second kappa shape index (κ2) is 23.7. The normalized spacial score (nSPS) is 15.4. The number of carbonyl (C=O) groups excluding carboxylic acids is 5. The molecule has 2 atom stereocenters. The number of ether oxygens (including phenoxy) is 1. The Bertz CT molecular complexity index is 3110. The fourth-order valence-electron chi connectivity index (χ4n) is 8.48. The van der Waals surface area contributed by atoms with Crippen molar-refractivity contribution in [2.75, 3.05) is 16.4 Å². The minimum absolute atomic E-state index is 0.00594. The molecule has 0 aliphatic carbocycles. The third-order valence-electron chi connectivity index (χ3n) is 11.9. The highest BCUT2D eigenvalue weighted by Gasteiger charge is 2.55. The third-order valence-corrected chi connectivity index (χ3v) is 14.0. The largest absolute Gasteiger partial charge is 0.542 e. The number of alkyl halides is 5. The topological polar surface area (TPSA) is 200 Å². The number of nitrogens with one attached hydrogen (secondary N) is 3. The molecule has 0 bridgehead atoms. The summed E-state index contributed by atoms with van der Waals surface area (Å²) in [6.45, 7) is -3.24. The summed E-state index contributed by atoms with van der Waals surface area (Å²) >= 11 is 2.42. The van der Waals surface area contributed by atoms with E-state index in [4.69, 9.17) is 19.6 Å². The minimum Gasteiger partial charge on any atom is -0.542 e. The van der Waals surface area contributed by atoms with Crippen molar-refractivity contribution in [1.29, 1.82) is 0 Å². The van der Waals surface area contributed by atoms with E-state index in [0.29, 0.717) is 33.9 Å². The number of carboxylic acid groups (broad SMARTS) is 1. The first-order chi connectivity index (χ1) is 36.6. The number of fused-ring (bicyclic) bond motifs is 1. The van der Waals surface area contributed by atoms with Gasteiger partial charge in [0.2, 0.25) is 12.6 Å². The quantitative estimate of drug-likeness (QED) is 0.0121. The van der Waals surface area contributed by atoms with Gasteiger partial charge in [0.05, 0.1) is 6.20 Å². The van der Waals surface area contributed by atoms with Crippen molar-refractivity contribution in [2.24, 2.45) is 12.2 Å². The number of carboxylic acids is 1. The monoisotopic (exact) mass is 1080 g/mol. The van der Waals surface area contributed by atoms with Crippen LogP contribution >= 0.6 is 23.1 Å². The van der Waals surface area contributed by atoms with Gasteiger partial charge < -0.3 is 35.4 Å². The van der Waals surface area contributed by atoms with Crippen molar-refractivity contribution in [1.82, 2.24) is 19.9 Å². The zero-order chi connectivity index (χ0) is 54.0. The molecule has 2 aromatic heterocycles. The summed E-state index contributed by atoms with van der Waals surface area (Å²) in [4.78, 5) is 73.7. The average Bonchev–Trinajstić information content (AvgIpc) is 4.16. The molecule has 5 aromatic carbocycles. The number of oxime groups is 1. The van der Waals surface area contributed by atoms with Crippen LogP contribution in [0.4, 0.5) is 32.8 Å². The van der Waals surface area contributed by atoms with E-state index in [9.17, 15) is 41.1 Å². The van der Waals surface area contributed by atoms with Gasteiger partial charge in [-0.3, -0.25) is 19.3 Å². The first kappa shape index (κ1) is 53.6. The Morgan fingerprint density at radius 2 is 1.37 bits per heavy atom. The molecule has 3 N–H and O–H groups in total. The minimum atomic E-state index is -5.19. The van der Waals surface area contributed by atoms with E-state index in [0.717, 1.165) is 28.0 Å². The van der Waals surface area contributed by atoms with Crippen LogP contribution in [0.15, 0.2) is 186 Å². The third kappa shape index (κ3) is 12.0. The van der Waals surface area contributed by atoms with Gasteiger partial charge in [0.15, 0.2) is 24.0 Å². The van der Waals surface area contributed by atoms with Crippen LogP contribution in [0.2, 0.25) is 0 Å². The predicted octanol–water partition coefficient (Wildman–Crippen LogP) is 6.67. The summed E-state index contributed by atoms with van der Waals surface area (Å²) in [5, 5.41) is 22.3. The molecule has 16 nitrogen and oxygen atoms in total. The Hall–Kier alpha value is -8.70. The van der Waals surface area contributed by atoms with E-state index in [1.54, 1.807) is 28.8 Å². The van der Waals surface area contributed by atoms with Gasteiger partial charge in [0.25, 0.3) is 11.8 Å². The number of aryl methyl sites for hydroxylation is 1. The number of aromatic nitrogens is 3. The van der Waals surface area contributed by atoms with Crippen LogP contribution in [0.3, 0.4) is 0 Å². The lowest BCUT2D eigenvalue weighted by atomic mass is 9.77. The number of halogens is 5. The highest BCUT2D eigenvalue weighted by atomic mass is 32.2. The highest BCUT2D eigenvalue weighted by Crippen LogP contribution is 2.43. The SMILES string of the molecule is C[n+]1cc(NC=O)cn1CC1=C(C(=O)OC(c2ccccc2)c2ccccc2)N2C(=O)[C@@H](NC(=O)C(=NOC(F)F)c3csc(NC(c4ccccc4)(c4ccccc4)c4ccccc4)n3)[C@H]2SC1.O=C([O-])C(F)(F)F. The van der Waals surface area contributed by atoms with Crippen LogP contribution in [0, 0.1) is 0 Å². The van der Waals surface area contributed by atoms with Crippen molar-refractivity contribution < 1.29 is 65.3 Å². The van der Waals surface area contributed by atoms with Crippen LogP contribution in [-0.2, 0) is 52.7 Å². The molecule has 390 valence electrons. The van der Waals surface area contributed by atoms with Crippen molar-refractivity contribution >= 4 is 69.8 Å². The number of hydrogen-bond acceptors (Lipinski definition) is 13. The molecular formula is C53H43F5N8O8S2. The summed E-state index contributed by atoms with van der Waals surface area (Å²) in [7, 11) is 1.76. The lowest BCUT2D eigenvalue weighted by Gasteiger charge is -2.49. The second-order valence-corrected chi connectivity index (χ2v) is 18.6. The van der Waals surface area contributed by atoms with Crippen LogP contribution < -0.4 is 25.7 Å². The van der Waals surface area contributed by atoms with E-state index >= 15 is 0 Å². The maximum atomic E-state index is 14.7. The Balaban J connectivity index is 0.00000102. The van der Waals surface area contributed by atoms with E-state index in [1.165, 1.54) is 22.0 Å². The van der Waals surface area contributed by atoms with Gasteiger partial charge in [-0.15, -0.1) is 27.8 Å². The first-order valence-corrected chi connectivity index (χ1v) is 24.8. The molecule has 0 unspecified atom stereocenters. The maximum absolute atomic E-state index is 14.7. The van der Waals surface area contributed by atoms with Crippen molar-refractivity contribution in [2.45, 2.75) is 42.4 Å². The molecule has 0 saturated carbocycles. The van der Waals surface area contributed by atoms with Gasteiger partial charge in [-0.05, 0) is 33.4 Å². The van der Waals surface area contributed by atoms with Crippen molar-refractivity contribution in [3.8, 4) is 0 Å². The Morgan fingerprint density at radius 3 is 1.86 bits per heavy atom. The van der Waals surface area contributed by atoms with E-state index in [-0.39, 0.29) is 23.7 Å². The average molecular weight is 1080 g/mol. The summed E-state index contributed by atoms with van der Waals surface area (Å²) < 4.78 is 68.6. The van der Waals surface area contributed by atoms with Gasteiger partial charge in [0.1, 0.15) is 46.5 Å². The van der Waals surface area contributed by atoms with E-state index in [1.807, 2.05) is 152 Å². The molecule has 4 heterocycles. The fraction of sp³-hybridized carbons (Fsp3) is 0.170. The van der Waals surface area contributed by atoms with Crippen molar-refractivity contribution in [3.63, 3.8) is 0 Å². The molecule has 0 radical (unpaired) electrons. The molecular weight excluding hydrogens is 1040 g/mol. The second-order valence-electron chi connectivity index (χ2n) is 16.7. The standard InChI is InChI=1S/C51H42F2N8O6S2.C2HF3O2/c1-59-28-39(54-32-62)29-60(59)27-35-30-68-47-42(46(64)61(47)43(35)48(65)66-44(33-17-7-2-8-18-33)34-19-9-3-10-20-34)56-45(63)41(58-67-49(52)53)40-31-69-50(55-40)57-51(36-21-11-4-12-22-36,37-23-13-5-14-24-37)38-25-15-6-16-26-38;3-2(4,5)1(6)7/h2-26,28-29,31-32,42,44,47,49H,27,30H2,1H3,(H2-,54,55,56,57,62,63);(H,6,7)/t42-,47-;/m1./s1. The number of rotatable bonds is 18. The van der Waals surface area contributed by atoms with Gasteiger partial charge >= 0.3 is 18.8 Å². The molecule has 9 rings (SSSR count). The smallest absolute Gasteiger partial charge is 0.430 e. The summed E-state index contributed by atoms with van der Waals surface area (Å²) in [5.74, 6) is -5.21. The number of amides is 3. The number of benzene rings is 5. The lowest BCUT2D eigenvalue weighted by Crippen LogP contribution is -2.71. The molecule has 7 aromatic rings. The summed E-state index contributed by atoms with van der Waals surface area (Å²) in [6.07, 6.45) is -2.11. The summed E-state index contributed by atoms with van der Waals surface area (Å²) in [5.41, 5.74) is 3.38. The maximum Gasteiger partial charge on any atom is 0.430 e. The number of aliphatic carboxylic acids is 1. The molecule has 2 aliphatic heterocycles. The Labute approximate surface area is 438 Å². The number of esters is 1. The molecule has 23 heteroatoms. The van der Waals surface area contributed by atoms with Crippen LogP contribution in [-0.4, -0.2) is 80.4 Å².